The van der Waals surface area contributed by atoms with Crippen LogP contribution in [-0.4, -0.2) is 26.4 Å². The second kappa shape index (κ2) is 5.26. The third-order valence-corrected chi connectivity index (χ3v) is 2.30. The standard InChI is InChI=1S/C11H12N4O3/c1-7-14-15-10(18-7)9(13-11(16)17)5-8-3-2-4-12-6-8/h2-4,6,9,13H,5H2,1H3,(H,16,17)/t9-/m1/s1. The number of amides is 1. The van der Waals surface area contributed by atoms with Gasteiger partial charge in [-0.2, -0.15) is 0 Å². The van der Waals surface area contributed by atoms with Gasteiger partial charge in [0.05, 0.1) is 0 Å². The van der Waals surface area contributed by atoms with Gasteiger partial charge in [-0.25, -0.2) is 4.79 Å². The average Bonchev–Trinajstić information content (AvgIpc) is 2.76. The number of nitrogens with zero attached hydrogens (tertiary/aromatic N) is 3. The number of hydrogen-bond acceptors (Lipinski definition) is 5. The summed E-state index contributed by atoms with van der Waals surface area (Å²) in [6.07, 6.45) is 2.58. The van der Waals surface area contributed by atoms with Crippen molar-refractivity contribution in [2.24, 2.45) is 0 Å². The molecule has 0 saturated heterocycles. The molecule has 0 spiro atoms. The van der Waals surface area contributed by atoms with Gasteiger partial charge in [-0.1, -0.05) is 6.07 Å². The minimum atomic E-state index is -1.14. The van der Waals surface area contributed by atoms with Gasteiger partial charge in [-0.3, -0.25) is 4.98 Å². The van der Waals surface area contributed by atoms with E-state index in [1.165, 1.54) is 0 Å². The molecule has 0 saturated carbocycles. The number of aryl methyl sites for hydroxylation is 1. The lowest BCUT2D eigenvalue weighted by atomic mass is 10.1. The van der Waals surface area contributed by atoms with Crippen LogP contribution in [0.5, 0.6) is 0 Å². The maximum absolute atomic E-state index is 10.8. The van der Waals surface area contributed by atoms with Crippen LogP contribution in [0.4, 0.5) is 4.79 Å². The topological polar surface area (TPSA) is 101 Å². The zero-order valence-electron chi connectivity index (χ0n) is 9.70. The second-order valence-electron chi connectivity index (χ2n) is 3.73. The summed E-state index contributed by atoms with van der Waals surface area (Å²) in [5, 5.41) is 18.7. The molecular formula is C11H12N4O3. The fourth-order valence-electron chi connectivity index (χ4n) is 1.56. The number of pyridine rings is 1. The van der Waals surface area contributed by atoms with E-state index in [1.807, 2.05) is 6.07 Å². The molecule has 2 heterocycles. The molecule has 2 aromatic rings. The van der Waals surface area contributed by atoms with E-state index in [-0.39, 0.29) is 5.89 Å². The Balaban J connectivity index is 2.18. The van der Waals surface area contributed by atoms with Crippen molar-refractivity contribution in [3.63, 3.8) is 0 Å². The van der Waals surface area contributed by atoms with Gasteiger partial charge in [-0.05, 0) is 11.6 Å². The Morgan fingerprint density at radius 2 is 2.39 bits per heavy atom. The van der Waals surface area contributed by atoms with Crippen molar-refractivity contribution >= 4 is 6.09 Å². The predicted octanol–water partition coefficient (Wildman–Crippen LogP) is 1.32. The van der Waals surface area contributed by atoms with Gasteiger partial charge >= 0.3 is 6.09 Å². The van der Waals surface area contributed by atoms with Gasteiger partial charge in [0.2, 0.25) is 11.8 Å². The van der Waals surface area contributed by atoms with Crippen molar-refractivity contribution in [2.45, 2.75) is 19.4 Å². The number of nitrogens with one attached hydrogen (secondary N) is 1. The van der Waals surface area contributed by atoms with Crippen LogP contribution in [0.3, 0.4) is 0 Å². The summed E-state index contributed by atoms with van der Waals surface area (Å²) in [5.74, 6) is 0.645. The maximum atomic E-state index is 10.8. The monoisotopic (exact) mass is 248 g/mol. The lowest BCUT2D eigenvalue weighted by Gasteiger charge is -2.12. The van der Waals surface area contributed by atoms with E-state index in [9.17, 15) is 4.79 Å². The Morgan fingerprint density at radius 1 is 1.56 bits per heavy atom. The Morgan fingerprint density at radius 3 is 2.94 bits per heavy atom. The van der Waals surface area contributed by atoms with Gasteiger partial charge in [0, 0.05) is 25.7 Å². The van der Waals surface area contributed by atoms with Crippen molar-refractivity contribution < 1.29 is 14.3 Å². The molecule has 0 unspecified atom stereocenters. The molecule has 2 aromatic heterocycles. The Kier molecular flexibility index (Phi) is 3.52. The first-order chi connectivity index (χ1) is 8.65. The third kappa shape index (κ3) is 3.03. The van der Waals surface area contributed by atoms with Crippen molar-refractivity contribution in [3.8, 4) is 0 Å². The molecular weight excluding hydrogens is 236 g/mol. The summed E-state index contributed by atoms with van der Waals surface area (Å²) in [6, 6.07) is 3.06. The lowest BCUT2D eigenvalue weighted by Crippen LogP contribution is -2.28. The van der Waals surface area contributed by atoms with E-state index in [2.05, 4.69) is 20.5 Å². The number of rotatable bonds is 4. The van der Waals surface area contributed by atoms with Crippen LogP contribution < -0.4 is 5.32 Å². The molecule has 7 heteroatoms. The number of hydrogen-bond donors (Lipinski definition) is 2. The van der Waals surface area contributed by atoms with Crippen LogP contribution in [0.25, 0.3) is 0 Å². The quantitative estimate of drug-likeness (QED) is 0.846. The van der Waals surface area contributed by atoms with Crippen molar-refractivity contribution in [2.75, 3.05) is 0 Å². The predicted molar refractivity (Wildman–Crippen MR) is 60.9 cm³/mol. The van der Waals surface area contributed by atoms with Crippen LogP contribution in [0.1, 0.15) is 23.4 Å². The zero-order valence-corrected chi connectivity index (χ0v) is 9.70. The molecule has 1 amide bonds. The summed E-state index contributed by atoms with van der Waals surface area (Å²) in [6.45, 7) is 1.65. The summed E-state index contributed by atoms with van der Waals surface area (Å²) < 4.78 is 5.25. The normalized spacial score (nSPS) is 12.1. The third-order valence-electron chi connectivity index (χ3n) is 2.30. The minimum absolute atomic E-state index is 0.249. The number of carboxylic acid groups (broad SMARTS) is 1. The molecule has 0 aromatic carbocycles. The van der Waals surface area contributed by atoms with E-state index < -0.39 is 12.1 Å². The fourth-order valence-corrected chi connectivity index (χ4v) is 1.56. The van der Waals surface area contributed by atoms with E-state index in [4.69, 9.17) is 9.52 Å². The van der Waals surface area contributed by atoms with Gasteiger partial charge < -0.3 is 14.8 Å². The van der Waals surface area contributed by atoms with E-state index in [1.54, 1.807) is 25.4 Å². The van der Waals surface area contributed by atoms with Gasteiger partial charge in [0.1, 0.15) is 6.04 Å². The summed E-state index contributed by atoms with van der Waals surface area (Å²) in [7, 11) is 0. The van der Waals surface area contributed by atoms with Crippen LogP contribution in [0.2, 0.25) is 0 Å². The smallest absolute Gasteiger partial charge is 0.405 e. The Labute approximate surface area is 103 Å². The molecule has 0 aliphatic heterocycles. The summed E-state index contributed by atoms with van der Waals surface area (Å²) in [5.41, 5.74) is 0.882. The highest BCUT2D eigenvalue weighted by molar-refractivity contribution is 5.65. The fraction of sp³-hybridized carbons (Fsp3) is 0.273. The first-order valence-electron chi connectivity index (χ1n) is 5.33. The molecule has 94 valence electrons. The highest BCUT2D eigenvalue weighted by Gasteiger charge is 2.20. The van der Waals surface area contributed by atoms with Crippen LogP contribution >= 0.6 is 0 Å². The number of aromatic nitrogens is 3. The molecule has 7 nitrogen and oxygen atoms in total. The highest BCUT2D eigenvalue weighted by Crippen LogP contribution is 2.16. The summed E-state index contributed by atoms with van der Waals surface area (Å²) in [4.78, 5) is 14.7. The van der Waals surface area contributed by atoms with Crippen LogP contribution in [-0.2, 0) is 6.42 Å². The first kappa shape index (κ1) is 12.0. The first-order valence-corrected chi connectivity index (χ1v) is 5.33. The lowest BCUT2D eigenvalue weighted by molar-refractivity contribution is 0.187. The highest BCUT2D eigenvalue weighted by atomic mass is 16.4. The summed E-state index contributed by atoms with van der Waals surface area (Å²) >= 11 is 0. The molecule has 2 rings (SSSR count). The molecule has 18 heavy (non-hydrogen) atoms. The molecule has 2 N–H and O–H groups in total. The van der Waals surface area contributed by atoms with Crippen LogP contribution in [0.15, 0.2) is 28.9 Å². The largest absolute Gasteiger partial charge is 0.465 e. The van der Waals surface area contributed by atoms with Crippen LogP contribution in [0, 0.1) is 6.92 Å². The molecule has 0 bridgehead atoms. The van der Waals surface area contributed by atoms with Gasteiger partial charge in [0.25, 0.3) is 0 Å². The number of carbonyl (C=O) groups is 1. The molecule has 0 radical (unpaired) electrons. The average molecular weight is 248 g/mol. The molecule has 0 fully saturated rings. The Bertz CT molecular complexity index is 526. The van der Waals surface area contributed by atoms with Crippen molar-refractivity contribution in [1.82, 2.24) is 20.5 Å². The molecule has 0 aliphatic carbocycles. The minimum Gasteiger partial charge on any atom is -0.465 e. The van der Waals surface area contributed by atoms with E-state index in [0.717, 1.165) is 5.56 Å². The van der Waals surface area contributed by atoms with Gasteiger partial charge in [0.15, 0.2) is 0 Å². The molecule has 0 aliphatic rings. The van der Waals surface area contributed by atoms with E-state index >= 15 is 0 Å². The van der Waals surface area contributed by atoms with Crippen molar-refractivity contribution in [3.05, 3.63) is 41.9 Å². The Hall–Kier alpha value is -2.44. The maximum Gasteiger partial charge on any atom is 0.405 e. The molecule has 1 atom stereocenters. The van der Waals surface area contributed by atoms with Gasteiger partial charge in [-0.15, -0.1) is 10.2 Å². The second-order valence-corrected chi connectivity index (χ2v) is 3.73. The van der Waals surface area contributed by atoms with Crippen molar-refractivity contribution in [1.29, 1.82) is 0 Å². The van der Waals surface area contributed by atoms with E-state index in [0.29, 0.717) is 12.3 Å². The zero-order chi connectivity index (χ0) is 13.0. The SMILES string of the molecule is Cc1nnc([C@@H](Cc2cccnc2)NC(=O)O)o1.